The van der Waals surface area contributed by atoms with Crippen LogP contribution in [0.5, 0.6) is 0 Å². The molecule has 0 aromatic carbocycles. The predicted molar refractivity (Wildman–Crippen MR) is 50.3 cm³/mol. The number of carbonyl (C=O) groups excluding carboxylic acids is 1. The standard InChI is InChI=1S/C7H15NO5S/c1-5(9)6(8)7(10)13-3-4-14(2,11)12/h5-6,9H,3-4,8H2,1-2H3/t5-,6+/m1/s1. The van der Waals surface area contributed by atoms with Gasteiger partial charge in [0.1, 0.15) is 12.6 Å². The minimum absolute atomic E-state index is 0.238. The van der Waals surface area contributed by atoms with E-state index < -0.39 is 28.0 Å². The van der Waals surface area contributed by atoms with Crippen molar-refractivity contribution in [3.8, 4) is 0 Å². The summed E-state index contributed by atoms with van der Waals surface area (Å²) in [6.45, 7) is 1.11. The number of sulfone groups is 1. The van der Waals surface area contributed by atoms with Crippen molar-refractivity contribution in [3.05, 3.63) is 0 Å². The van der Waals surface area contributed by atoms with Crippen LogP contribution in [0, 0.1) is 0 Å². The largest absolute Gasteiger partial charge is 0.463 e. The zero-order chi connectivity index (χ0) is 11.4. The molecule has 84 valence electrons. The number of rotatable bonds is 5. The molecule has 3 N–H and O–H groups in total. The van der Waals surface area contributed by atoms with E-state index in [4.69, 9.17) is 10.8 Å². The predicted octanol–water partition coefficient (Wildman–Crippen LogP) is -1.72. The molecule has 14 heavy (non-hydrogen) atoms. The van der Waals surface area contributed by atoms with E-state index in [1.165, 1.54) is 6.92 Å². The molecule has 0 rings (SSSR count). The molecule has 0 aliphatic carbocycles. The highest BCUT2D eigenvalue weighted by Crippen LogP contribution is 1.93. The number of hydrogen-bond donors (Lipinski definition) is 2. The van der Waals surface area contributed by atoms with Crippen LogP contribution in [0.25, 0.3) is 0 Å². The zero-order valence-corrected chi connectivity index (χ0v) is 8.95. The molecule has 0 aliphatic rings. The summed E-state index contributed by atoms with van der Waals surface area (Å²) in [7, 11) is -3.15. The summed E-state index contributed by atoms with van der Waals surface area (Å²) in [6, 6.07) is -1.13. The fraction of sp³-hybridized carbons (Fsp3) is 0.857. The van der Waals surface area contributed by atoms with Crippen molar-refractivity contribution >= 4 is 15.8 Å². The molecular weight excluding hydrogens is 210 g/mol. The molecule has 0 unspecified atom stereocenters. The third-order valence-electron chi connectivity index (χ3n) is 1.49. The van der Waals surface area contributed by atoms with Gasteiger partial charge in [0, 0.05) is 6.26 Å². The van der Waals surface area contributed by atoms with Crippen molar-refractivity contribution in [1.82, 2.24) is 0 Å². The highest BCUT2D eigenvalue weighted by molar-refractivity contribution is 7.90. The molecule has 0 saturated heterocycles. The first-order valence-electron chi connectivity index (χ1n) is 4.02. The first-order chi connectivity index (χ1) is 6.24. The average molecular weight is 225 g/mol. The first kappa shape index (κ1) is 13.3. The molecule has 0 aromatic rings. The van der Waals surface area contributed by atoms with Gasteiger partial charge < -0.3 is 15.6 Å². The van der Waals surface area contributed by atoms with Crippen LogP contribution in [0.15, 0.2) is 0 Å². The van der Waals surface area contributed by atoms with Crippen molar-refractivity contribution in [1.29, 1.82) is 0 Å². The number of nitrogens with two attached hydrogens (primary N) is 1. The Kier molecular flexibility index (Phi) is 5.03. The molecule has 0 amide bonds. The number of aliphatic hydroxyl groups is 1. The first-order valence-corrected chi connectivity index (χ1v) is 6.08. The lowest BCUT2D eigenvalue weighted by Crippen LogP contribution is -2.41. The molecule has 0 bridgehead atoms. The maximum absolute atomic E-state index is 11.0. The monoisotopic (exact) mass is 225 g/mol. The highest BCUT2D eigenvalue weighted by Gasteiger charge is 2.20. The van der Waals surface area contributed by atoms with E-state index in [0.717, 1.165) is 6.26 Å². The van der Waals surface area contributed by atoms with Crippen molar-refractivity contribution in [2.45, 2.75) is 19.1 Å². The quantitative estimate of drug-likeness (QED) is 0.539. The lowest BCUT2D eigenvalue weighted by molar-refractivity contribution is -0.146. The summed E-state index contributed by atoms with van der Waals surface area (Å²) >= 11 is 0. The molecule has 7 heteroatoms. The second-order valence-electron chi connectivity index (χ2n) is 3.06. The van der Waals surface area contributed by atoms with E-state index >= 15 is 0 Å². The SMILES string of the molecule is C[C@@H](O)[C@H](N)C(=O)OCCS(C)(=O)=O. The van der Waals surface area contributed by atoms with E-state index in [0.29, 0.717) is 0 Å². The highest BCUT2D eigenvalue weighted by atomic mass is 32.2. The Morgan fingerprint density at radius 3 is 2.43 bits per heavy atom. The summed E-state index contributed by atoms with van der Waals surface area (Å²) in [4.78, 5) is 11.0. The molecule has 0 aromatic heterocycles. The van der Waals surface area contributed by atoms with Crippen molar-refractivity contribution < 1.29 is 23.1 Å². The van der Waals surface area contributed by atoms with E-state index in [9.17, 15) is 13.2 Å². The summed E-state index contributed by atoms with van der Waals surface area (Å²) in [5, 5.41) is 8.91. The van der Waals surface area contributed by atoms with Crippen molar-refractivity contribution in [3.63, 3.8) is 0 Å². The Hall–Kier alpha value is -0.660. The van der Waals surface area contributed by atoms with E-state index in [1.807, 2.05) is 0 Å². The van der Waals surface area contributed by atoms with E-state index in [-0.39, 0.29) is 12.4 Å². The second kappa shape index (κ2) is 5.28. The van der Waals surface area contributed by atoms with Gasteiger partial charge in [-0.05, 0) is 6.92 Å². The molecule has 0 heterocycles. The Bertz CT molecular complexity index is 284. The maximum Gasteiger partial charge on any atom is 0.325 e. The molecule has 0 saturated carbocycles. The van der Waals surface area contributed by atoms with Gasteiger partial charge >= 0.3 is 5.97 Å². The lowest BCUT2D eigenvalue weighted by atomic mass is 10.2. The van der Waals surface area contributed by atoms with Gasteiger partial charge in [0.15, 0.2) is 9.84 Å². The minimum Gasteiger partial charge on any atom is -0.463 e. The van der Waals surface area contributed by atoms with Crippen LogP contribution >= 0.6 is 0 Å². The summed E-state index contributed by atoms with van der Waals surface area (Å²) in [6.07, 6.45) is 0.0239. The second-order valence-corrected chi connectivity index (χ2v) is 5.32. The number of hydrogen-bond acceptors (Lipinski definition) is 6. The third kappa shape index (κ3) is 5.90. The van der Waals surface area contributed by atoms with Crippen LogP contribution in [0.3, 0.4) is 0 Å². The Morgan fingerprint density at radius 2 is 2.07 bits per heavy atom. The molecule has 0 fully saturated rings. The summed E-state index contributed by atoms with van der Waals surface area (Å²) in [5.74, 6) is -1.05. The van der Waals surface area contributed by atoms with E-state index in [1.54, 1.807) is 0 Å². The van der Waals surface area contributed by atoms with Crippen LogP contribution in [-0.4, -0.2) is 50.3 Å². The normalized spacial score (nSPS) is 16.0. The number of ether oxygens (including phenoxy) is 1. The van der Waals surface area contributed by atoms with Gasteiger partial charge in [-0.2, -0.15) is 0 Å². The Balaban J connectivity index is 3.87. The molecule has 6 nitrogen and oxygen atoms in total. The number of aliphatic hydroxyl groups excluding tert-OH is 1. The van der Waals surface area contributed by atoms with Gasteiger partial charge in [-0.1, -0.05) is 0 Å². The minimum atomic E-state index is -3.15. The zero-order valence-electron chi connectivity index (χ0n) is 8.13. The molecule has 0 aliphatic heterocycles. The van der Waals surface area contributed by atoms with Crippen LogP contribution in [0.2, 0.25) is 0 Å². The maximum atomic E-state index is 11.0. The smallest absolute Gasteiger partial charge is 0.325 e. The fourth-order valence-corrected chi connectivity index (χ4v) is 0.973. The van der Waals surface area contributed by atoms with Crippen LogP contribution in [-0.2, 0) is 19.4 Å². The van der Waals surface area contributed by atoms with Crippen molar-refractivity contribution in [2.24, 2.45) is 5.73 Å². The van der Waals surface area contributed by atoms with Gasteiger partial charge in [0.2, 0.25) is 0 Å². The van der Waals surface area contributed by atoms with Gasteiger partial charge in [-0.15, -0.1) is 0 Å². The lowest BCUT2D eigenvalue weighted by Gasteiger charge is -2.13. The fourth-order valence-electron chi connectivity index (χ4n) is 0.587. The van der Waals surface area contributed by atoms with Gasteiger partial charge in [0.05, 0.1) is 11.9 Å². The van der Waals surface area contributed by atoms with Gasteiger partial charge in [-0.25, -0.2) is 8.42 Å². The third-order valence-corrected chi connectivity index (χ3v) is 2.40. The topological polar surface area (TPSA) is 107 Å². The van der Waals surface area contributed by atoms with Crippen LogP contribution in [0.4, 0.5) is 0 Å². The number of carbonyl (C=O) groups is 1. The van der Waals surface area contributed by atoms with Crippen LogP contribution < -0.4 is 5.73 Å². The summed E-state index contributed by atoms with van der Waals surface area (Å²) < 4.78 is 25.8. The van der Waals surface area contributed by atoms with Gasteiger partial charge in [0.25, 0.3) is 0 Å². The molecule has 0 radical (unpaired) electrons. The number of esters is 1. The Morgan fingerprint density at radius 1 is 1.57 bits per heavy atom. The van der Waals surface area contributed by atoms with Gasteiger partial charge in [-0.3, -0.25) is 4.79 Å². The average Bonchev–Trinajstić information content (AvgIpc) is 2.00. The van der Waals surface area contributed by atoms with Crippen molar-refractivity contribution in [2.75, 3.05) is 18.6 Å². The van der Waals surface area contributed by atoms with Crippen LogP contribution in [0.1, 0.15) is 6.92 Å². The summed E-state index contributed by atoms with van der Waals surface area (Å²) in [5.41, 5.74) is 5.24. The Labute approximate surface area is 83.0 Å². The van der Waals surface area contributed by atoms with E-state index in [2.05, 4.69) is 4.74 Å². The molecule has 2 atom stereocenters. The molecule has 0 spiro atoms. The molecular formula is C7H15NO5S.